The Morgan fingerprint density at radius 3 is 1.69 bits per heavy atom. The molecule has 0 spiro atoms. The van der Waals surface area contributed by atoms with E-state index in [1.165, 1.54) is 38.5 Å². The molecule has 0 fully saturated rings. The molecule has 0 saturated carbocycles. The van der Waals surface area contributed by atoms with Crippen molar-refractivity contribution in [2.75, 3.05) is 6.61 Å². The van der Waals surface area contributed by atoms with Gasteiger partial charge in [0.25, 0.3) is 0 Å². The summed E-state index contributed by atoms with van der Waals surface area (Å²) in [5.74, 6) is 0. The molecule has 0 aliphatic carbocycles. The summed E-state index contributed by atoms with van der Waals surface area (Å²) < 4.78 is 0.487. The van der Waals surface area contributed by atoms with E-state index in [1.54, 1.807) is 0 Å². The Kier molecular flexibility index (Phi) is 11.8. The van der Waals surface area contributed by atoms with Gasteiger partial charge in [-0.05, 0) is 12.8 Å². The molecule has 3 heteroatoms. The molecule has 13 heavy (non-hydrogen) atoms. The van der Waals surface area contributed by atoms with Gasteiger partial charge in [-0.1, -0.05) is 70.4 Å². The first kappa shape index (κ1) is 13.9. The molecule has 0 amide bonds. The lowest BCUT2D eigenvalue weighted by Crippen LogP contribution is -1.86. The molecule has 0 atom stereocenters. The predicted octanol–water partition coefficient (Wildman–Crippen LogP) is 4.65. The Bertz CT molecular complexity index is 96.9. The molecule has 0 heterocycles. The van der Waals surface area contributed by atoms with Crippen LogP contribution in [0.5, 0.6) is 0 Å². The van der Waals surface area contributed by atoms with Crippen LogP contribution in [0, 0.1) is 0 Å². The van der Waals surface area contributed by atoms with Crippen LogP contribution >= 0.6 is 31.9 Å². The summed E-state index contributed by atoms with van der Waals surface area (Å²) in [6.45, 7) is 0.106. The van der Waals surface area contributed by atoms with Gasteiger partial charge in [-0.3, -0.25) is 0 Å². The first-order valence-corrected chi connectivity index (χ1v) is 6.96. The van der Waals surface area contributed by atoms with E-state index in [1.807, 2.05) is 0 Å². The lowest BCUT2D eigenvalue weighted by molar-refractivity contribution is 0.186. The van der Waals surface area contributed by atoms with E-state index in [2.05, 4.69) is 31.9 Å². The Labute approximate surface area is 98.6 Å². The lowest BCUT2D eigenvalue weighted by Gasteiger charge is -2.01. The van der Waals surface area contributed by atoms with Crippen molar-refractivity contribution in [1.82, 2.24) is 0 Å². The smallest absolute Gasteiger partial charge is 0.0822 e. The molecule has 0 aliphatic rings. The van der Waals surface area contributed by atoms with Gasteiger partial charge in [-0.15, -0.1) is 0 Å². The second-order valence-corrected chi connectivity index (χ2v) is 6.80. The Balaban J connectivity index is 2.84. The fourth-order valence-corrected chi connectivity index (χ4v) is 1.93. The second-order valence-electron chi connectivity index (χ2n) is 3.36. The van der Waals surface area contributed by atoms with Crippen molar-refractivity contribution in [3.8, 4) is 0 Å². The predicted molar refractivity (Wildman–Crippen MR) is 64.1 cm³/mol. The summed E-state index contributed by atoms with van der Waals surface area (Å²) in [5.41, 5.74) is 0. The quantitative estimate of drug-likeness (QED) is 0.436. The van der Waals surface area contributed by atoms with Gasteiger partial charge in [0, 0.05) is 0 Å². The van der Waals surface area contributed by atoms with Crippen LogP contribution in [0.25, 0.3) is 0 Å². The van der Waals surface area contributed by atoms with Crippen LogP contribution in [0.4, 0.5) is 0 Å². The highest BCUT2D eigenvalue weighted by Gasteiger charge is 1.96. The highest BCUT2D eigenvalue weighted by molar-refractivity contribution is 9.24. The van der Waals surface area contributed by atoms with Crippen molar-refractivity contribution in [1.29, 1.82) is 0 Å². The first-order valence-electron chi connectivity index (χ1n) is 5.13. The molecule has 0 unspecified atom stereocenters. The summed E-state index contributed by atoms with van der Waals surface area (Å²) in [7, 11) is 0. The lowest BCUT2D eigenvalue weighted by atomic mass is 10.1. The average Bonchev–Trinajstić information content (AvgIpc) is 2.09. The molecule has 0 aliphatic heterocycles. The molecule has 0 bridgehead atoms. The SMILES string of the molecule is [O]CCCCCCCCCC(Br)Br. The fraction of sp³-hybridized carbons (Fsp3) is 1.00. The highest BCUT2D eigenvalue weighted by Crippen LogP contribution is 2.17. The fourth-order valence-electron chi connectivity index (χ4n) is 1.28. The molecule has 0 aromatic carbocycles. The molecule has 0 rings (SSSR count). The topological polar surface area (TPSA) is 19.9 Å². The number of hydrogen-bond donors (Lipinski definition) is 0. The summed E-state index contributed by atoms with van der Waals surface area (Å²) in [6, 6.07) is 0. The van der Waals surface area contributed by atoms with E-state index < -0.39 is 0 Å². The van der Waals surface area contributed by atoms with Gasteiger partial charge in [0.05, 0.1) is 10.3 Å². The van der Waals surface area contributed by atoms with Crippen LogP contribution < -0.4 is 0 Å². The highest BCUT2D eigenvalue weighted by atomic mass is 79.9. The standard InChI is InChI=1S/C10H19Br2O/c11-10(12)8-6-4-2-1-3-5-7-9-13/h10H,1-9H2. The van der Waals surface area contributed by atoms with Gasteiger partial charge >= 0.3 is 0 Å². The van der Waals surface area contributed by atoms with E-state index >= 15 is 0 Å². The van der Waals surface area contributed by atoms with Crippen LogP contribution in [-0.2, 0) is 5.11 Å². The van der Waals surface area contributed by atoms with Crippen molar-refractivity contribution in [3.05, 3.63) is 0 Å². The number of halogens is 2. The van der Waals surface area contributed by atoms with Gasteiger partial charge < -0.3 is 0 Å². The third kappa shape index (κ3) is 12.9. The minimum atomic E-state index is 0.106. The Morgan fingerprint density at radius 2 is 1.23 bits per heavy atom. The largest absolute Gasteiger partial charge is 0.237 e. The number of rotatable bonds is 9. The first-order chi connectivity index (χ1) is 6.27. The van der Waals surface area contributed by atoms with E-state index in [-0.39, 0.29) is 6.61 Å². The van der Waals surface area contributed by atoms with Crippen molar-refractivity contribution >= 4 is 31.9 Å². The molecule has 79 valence electrons. The molecule has 0 aromatic rings. The molecule has 0 aromatic heterocycles. The maximum absolute atomic E-state index is 10.1. The molecule has 1 radical (unpaired) electrons. The van der Waals surface area contributed by atoms with Gasteiger partial charge in [-0.25, -0.2) is 5.11 Å². The van der Waals surface area contributed by atoms with Crippen LogP contribution in [-0.4, -0.2) is 10.3 Å². The number of unbranched alkanes of at least 4 members (excludes halogenated alkanes) is 6. The Morgan fingerprint density at radius 1 is 0.769 bits per heavy atom. The summed E-state index contributed by atoms with van der Waals surface area (Å²) in [6.07, 6.45) is 9.69. The van der Waals surface area contributed by atoms with Crippen LogP contribution in [0.2, 0.25) is 0 Å². The van der Waals surface area contributed by atoms with E-state index in [9.17, 15) is 5.11 Å². The summed E-state index contributed by atoms with van der Waals surface area (Å²) in [5, 5.41) is 10.1. The molecular weight excluding hydrogens is 296 g/mol. The normalized spacial score (nSPS) is 11.1. The second kappa shape index (κ2) is 11.0. The zero-order chi connectivity index (χ0) is 9.94. The Hall–Kier alpha value is 0.920. The summed E-state index contributed by atoms with van der Waals surface area (Å²) >= 11 is 6.92. The van der Waals surface area contributed by atoms with Crippen molar-refractivity contribution in [2.45, 2.75) is 55.1 Å². The minimum Gasteiger partial charge on any atom is -0.237 e. The molecule has 0 N–H and O–H groups in total. The van der Waals surface area contributed by atoms with Crippen molar-refractivity contribution in [3.63, 3.8) is 0 Å². The van der Waals surface area contributed by atoms with Gasteiger partial charge in [0.15, 0.2) is 0 Å². The minimum absolute atomic E-state index is 0.106. The van der Waals surface area contributed by atoms with Crippen LogP contribution in [0.1, 0.15) is 51.4 Å². The number of hydrogen-bond acceptors (Lipinski definition) is 0. The number of alkyl halides is 2. The monoisotopic (exact) mass is 313 g/mol. The summed E-state index contributed by atoms with van der Waals surface area (Å²) in [4.78, 5) is 0. The zero-order valence-electron chi connectivity index (χ0n) is 8.11. The van der Waals surface area contributed by atoms with Gasteiger partial charge in [0.1, 0.15) is 0 Å². The molecule has 1 nitrogen and oxygen atoms in total. The van der Waals surface area contributed by atoms with Crippen molar-refractivity contribution in [2.24, 2.45) is 0 Å². The maximum Gasteiger partial charge on any atom is 0.0822 e. The molecular formula is C10H19Br2O. The van der Waals surface area contributed by atoms with Gasteiger partial charge in [-0.2, -0.15) is 0 Å². The maximum atomic E-state index is 10.1. The van der Waals surface area contributed by atoms with E-state index in [4.69, 9.17) is 0 Å². The zero-order valence-corrected chi connectivity index (χ0v) is 11.3. The molecule has 0 saturated heterocycles. The average molecular weight is 315 g/mol. The van der Waals surface area contributed by atoms with E-state index in [0.717, 1.165) is 12.8 Å². The van der Waals surface area contributed by atoms with Crippen LogP contribution in [0.15, 0.2) is 0 Å². The van der Waals surface area contributed by atoms with Crippen molar-refractivity contribution < 1.29 is 5.11 Å². The van der Waals surface area contributed by atoms with Gasteiger partial charge in [0.2, 0.25) is 0 Å². The third-order valence-corrected chi connectivity index (χ3v) is 2.98. The third-order valence-electron chi connectivity index (χ3n) is 2.07. The van der Waals surface area contributed by atoms with Crippen LogP contribution in [0.3, 0.4) is 0 Å². The van der Waals surface area contributed by atoms with E-state index in [0.29, 0.717) is 3.74 Å².